The Morgan fingerprint density at radius 1 is 1.06 bits per heavy atom. The van der Waals surface area contributed by atoms with Crippen LogP contribution in [0.25, 0.3) is 23.4 Å². The number of sulfonamides is 1. The zero-order valence-electron chi connectivity index (χ0n) is 19.9. The molecule has 1 fully saturated rings. The number of carbonyl (C=O) groups is 1. The molecule has 0 unspecified atom stereocenters. The van der Waals surface area contributed by atoms with Crippen LogP contribution in [0.1, 0.15) is 47.8 Å². The van der Waals surface area contributed by atoms with Gasteiger partial charge in [-0.25, -0.2) is 13.4 Å². The number of aromatic nitrogens is 1. The highest BCUT2D eigenvalue weighted by molar-refractivity contribution is 7.92. The number of nitrogens with zero attached hydrogens (tertiary/aromatic N) is 2. The number of allylic oxidation sites excluding steroid dienone is 2. The molecule has 1 aromatic heterocycles. The highest BCUT2D eigenvalue weighted by Gasteiger charge is 2.26. The molecule has 2 aromatic carbocycles. The maximum atomic E-state index is 12.9. The third-order valence-corrected chi connectivity index (χ3v) is 8.54. The number of anilines is 2. The van der Waals surface area contributed by atoms with E-state index in [1.165, 1.54) is 9.88 Å². The maximum absolute atomic E-state index is 12.9. The Bertz CT molecular complexity index is 1490. The summed E-state index contributed by atoms with van der Waals surface area (Å²) >= 11 is 6.50. The minimum atomic E-state index is -3.30. The lowest BCUT2D eigenvalue weighted by Gasteiger charge is -2.28. The van der Waals surface area contributed by atoms with Gasteiger partial charge in [0.2, 0.25) is 10.0 Å². The van der Waals surface area contributed by atoms with Crippen molar-refractivity contribution in [3.8, 4) is 11.3 Å². The molecule has 0 spiro atoms. The minimum Gasteiger partial charge on any atom is -0.322 e. The van der Waals surface area contributed by atoms with Gasteiger partial charge < -0.3 is 5.32 Å². The SMILES string of the molecule is CC1=Cc2ccc(-c3cc(NC(=O)c4ccc(N5CCCCS5(=O)=O)cc4)ccc3Cl)nc2C=CC1. The first kappa shape index (κ1) is 24.3. The van der Waals surface area contributed by atoms with E-state index in [0.717, 1.165) is 35.4 Å². The summed E-state index contributed by atoms with van der Waals surface area (Å²) in [6, 6.07) is 15.9. The van der Waals surface area contributed by atoms with Crippen LogP contribution in [-0.2, 0) is 10.0 Å². The van der Waals surface area contributed by atoms with Gasteiger partial charge in [0.25, 0.3) is 5.91 Å². The number of halogens is 1. The van der Waals surface area contributed by atoms with Crippen molar-refractivity contribution < 1.29 is 13.2 Å². The Balaban J connectivity index is 1.36. The number of nitrogens with one attached hydrogen (secondary N) is 1. The molecule has 1 aliphatic carbocycles. The Hall–Kier alpha value is -3.42. The molecular formula is C28H26ClN3O3S. The normalized spacial score (nSPS) is 16.6. The average Bonchev–Trinajstić information content (AvgIpc) is 3.05. The number of pyridine rings is 1. The van der Waals surface area contributed by atoms with E-state index in [1.807, 2.05) is 24.3 Å². The van der Waals surface area contributed by atoms with Crippen LogP contribution >= 0.6 is 11.6 Å². The Labute approximate surface area is 216 Å². The predicted molar refractivity (Wildman–Crippen MR) is 147 cm³/mol. The number of rotatable bonds is 4. The molecule has 6 nitrogen and oxygen atoms in total. The van der Waals surface area contributed by atoms with Crippen LogP contribution in [0.3, 0.4) is 0 Å². The fraction of sp³-hybridized carbons (Fsp3) is 0.214. The van der Waals surface area contributed by atoms with Crippen molar-refractivity contribution >= 4 is 51.1 Å². The molecule has 0 bridgehead atoms. The number of carbonyl (C=O) groups excluding carboxylic acids is 1. The fourth-order valence-corrected chi connectivity index (χ4v) is 6.29. The Kier molecular flexibility index (Phi) is 6.69. The smallest absolute Gasteiger partial charge is 0.255 e. The standard InChI is InChI=1S/C28H26ClN3O3S/c1-19-5-4-6-26-21(17-19)9-14-27(31-26)24-18-22(10-13-25(24)29)30-28(33)20-7-11-23(12-8-20)32-15-2-3-16-36(32,34)35/h4,6-14,17-18H,2-3,5,15-16H2,1H3,(H,30,33). The lowest BCUT2D eigenvalue weighted by atomic mass is 10.1. The number of benzene rings is 2. The van der Waals surface area contributed by atoms with Gasteiger partial charge >= 0.3 is 0 Å². The van der Waals surface area contributed by atoms with E-state index in [9.17, 15) is 13.2 Å². The third-order valence-electron chi connectivity index (χ3n) is 6.34. The van der Waals surface area contributed by atoms with E-state index in [-0.39, 0.29) is 11.7 Å². The molecular weight excluding hydrogens is 494 g/mol. The second-order valence-corrected chi connectivity index (χ2v) is 11.5. The second-order valence-electron chi connectivity index (χ2n) is 9.06. The van der Waals surface area contributed by atoms with E-state index < -0.39 is 10.0 Å². The highest BCUT2D eigenvalue weighted by Crippen LogP contribution is 2.32. The average molecular weight is 520 g/mol. The summed E-state index contributed by atoms with van der Waals surface area (Å²) < 4.78 is 26.1. The van der Waals surface area contributed by atoms with Crippen molar-refractivity contribution in [2.45, 2.75) is 26.2 Å². The Morgan fingerprint density at radius 2 is 1.86 bits per heavy atom. The van der Waals surface area contributed by atoms with Crippen LogP contribution in [0.2, 0.25) is 5.02 Å². The van der Waals surface area contributed by atoms with E-state index in [0.29, 0.717) is 34.9 Å². The van der Waals surface area contributed by atoms with Crippen LogP contribution in [0.5, 0.6) is 0 Å². The summed E-state index contributed by atoms with van der Waals surface area (Å²) in [4.78, 5) is 17.7. The molecule has 36 heavy (non-hydrogen) atoms. The topological polar surface area (TPSA) is 79.4 Å². The first-order valence-electron chi connectivity index (χ1n) is 11.9. The summed E-state index contributed by atoms with van der Waals surface area (Å²) in [6.45, 7) is 2.56. The highest BCUT2D eigenvalue weighted by atomic mass is 35.5. The third kappa shape index (κ3) is 5.08. The zero-order valence-corrected chi connectivity index (χ0v) is 21.4. The van der Waals surface area contributed by atoms with E-state index in [4.69, 9.17) is 16.6 Å². The quantitative estimate of drug-likeness (QED) is 0.432. The summed E-state index contributed by atoms with van der Waals surface area (Å²) in [7, 11) is -3.30. The minimum absolute atomic E-state index is 0.153. The van der Waals surface area contributed by atoms with Gasteiger partial charge in [-0.2, -0.15) is 0 Å². The van der Waals surface area contributed by atoms with Crippen LogP contribution in [0, 0.1) is 0 Å². The van der Waals surface area contributed by atoms with E-state index in [2.05, 4.69) is 24.4 Å². The van der Waals surface area contributed by atoms with E-state index >= 15 is 0 Å². The van der Waals surface area contributed by atoms with Crippen LogP contribution in [0.4, 0.5) is 11.4 Å². The number of fused-ring (bicyclic) bond motifs is 1. The first-order chi connectivity index (χ1) is 17.3. The largest absolute Gasteiger partial charge is 0.322 e. The van der Waals surface area contributed by atoms with Gasteiger partial charge in [0.1, 0.15) is 0 Å². The second kappa shape index (κ2) is 9.91. The molecule has 2 aliphatic rings. The number of amides is 1. The molecule has 1 amide bonds. The summed E-state index contributed by atoms with van der Waals surface area (Å²) in [5, 5.41) is 3.45. The van der Waals surface area contributed by atoms with E-state index in [1.54, 1.807) is 36.4 Å². The molecule has 5 rings (SSSR count). The lowest BCUT2D eigenvalue weighted by molar-refractivity contribution is 0.102. The monoisotopic (exact) mass is 519 g/mol. The molecule has 0 radical (unpaired) electrons. The van der Waals surface area contributed by atoms with Gasteiger partial charge in [0.05, 0.1) is 27.9 Å². The summed E-state index contributed by atoms with van der Waals surface area (Å²) in [6.07, 6.45) is 8.64. The van der Waals surface area contributed by atoms with Gasteiger partial charge in [-0.05, 0) is 80.8 Å². The van der Waals surface area contributed by atoms with Crippen molar-refractivity contribution in [1.29, 1.82) is 0 Å². The van der Waals surface area contributed by atoms with Crippen molar-refractivity contribution in [1.82, 2.24) is 4.98 Å². The fourth-order valence-electron chi connectivity index (χ4n) is 4.43. The van der Waals surface area contributed by atoms with Gasteiger partial charge in [-0.1, -0.05) is 35.4 Å². The molecule has 8 heteroatoms. The Morgan fingerprint density at radius 3 is 2.64 bits per heavy atom. The zero-order chi connectivity index (χ0) is 25.3. The van der Waals surface area contributed by atoms with Gasteiger partial charge in [0, 0.05) is 28.9 Å². The first-order valence-corrected chi connectivity index (χ1v) is 13.9. The molecule has 3 aromatic rings. The van der Waals surface area contributed by atoms with Gasteiger partial charge in [-0.3, -0.25) is 9.10 Å². The molecule has 1 aliphatic heterocycles. The van der Waals surface area contributed by atoms with Crippen molar-refractivity contribution in [2.75, 3.05) is 21.9 Å². The van der Waals surface area contributed by atoms with Crippen molar-refractivity contribution in [3.05, 3.63) is 88.1 Å². The van der Waals surface area contributed by atoms with Gasteiger partial charge in [-0.15, -0.1) is 0 Å². The summed E-state index contributed by atoms with van der Waals surface area (Å²) in [5.74, 6) is -0.144. The molecule has 0 saturated carbocycles. The molecule has 184 valence electrons. The van der Waals surface area contributed by atoms with Crippen molar-refractivity contribution in [3.63, 3.8) is 0 Å². The van der Waals surface area contributed by atoms with Crippen LogP contribution in [-0.4, -0.2) is 31.6 Å². The van der Waals surface area contributed by atoms with Crippen LogP contribution < -0.4 is 9.62 Å². The molecule has 1 saturated heterocycles. The number of hydrogen-bond acceptors (Lipinski definition) is 4. The predicted octanol–water partition coefficient (Wildman–Crippen LogP) is 6.40. The number of hydrogen-bond donors (Lipinski definition) is 1. The maximum Gasteiger partial charge on any atom is 0.255 e. The molecule has 1 N–H and O–H groups in total. The molecule has 0 atom stereocenters. The van der Waals surface area contributed by atoms with Gasteiger partial charge in [0.15, 0.2) is 0 Å². The van der Waals surface area contributed by atoms with Crippen molar-refractivity contribution in [2.24, 2.45) is 0 Å². The summed E-state index contributed by atoms with van der Waals surface area (Å²) in [5.41, 5.74) is 6.25. The molecule has 2 heterocycles. The van der Waals surface area contributed by atoms with Crippen LogP contribution in [0.15, 0.2) is 66.2 Å². The lowest BCUT2D eigenvalue weighted by Crippen LogP contribution is -2.37.